The fraction of sp³-hybridized carbons (Fsp3) is 1.00. The van der Waals surface area contributed by atoms with E-state index in [4.69, 9.17) is 4.74 Å². The lowest BCUT2D eigenvalue weighted by Gasteiger charge is -2.16. The average molecular weight is 160 g/mol. The smallest absolute Gasteiger partial charge is 0.133 e. The lowest BCUT2D eigenvalue weighted by molar-refractivity contribution is 0.0940. The third-order valence-corrected chi connectivity index (χ3v) is 2.98. The third-order valence-electron chi connectivity index (χ3n) is 1.76. The molecule has 0 radical (unpaired) electrons. The molecule has 2 aliphatic rings. The van der Waals surface area contributed by atoms with Crippen molar-refractivity contribution in [1.82, 2.24) is 10.6 Å². The van der Waals surface area contributed by atoms with E-state index in [0.717, 1.165) is 19.7 Å². The fourth-order valence-corrected chi connectivity index (χ4v) is 2.36. The van der Waals surface area contributed by atoms with Gasteiger partial charge in [-0.2, -0.15) is 0 Å². The van der Waals surface area contributed by atoms with E-state index in [1.165, 1.54) is 5.75 Å². The molecule has 0 aromatic heterocycles. The van der Waals surface area contributed by atoms with Crippen molar-refractivity contribution >= 4 is 11.8 Å². The molecule has 2 heterocycles. The van der Waals surface area contributed by atoms with Crippen LogP contribution in [-0.4, -0.2) is 37.1 Å². The van der Waals surface area contributed by atoms with Crippen LogP contribution in [0, 0.1) is 0 Å². The van der Waals surface area contributed by atoms with E-state index in [1.807, 2.05) is 11.8 Å². The van der Waals surface area contributed by atoms with Crippen LogP contribution in [0.15, 0.2) is 0 Å². The fourth-order valence-electron chi connectivity index (χ4n) is 1.28. The quantitative estimate of drug-likeness (QED) is 0.546. The van der Waals surface area contributed by atoms with Gasteiger partial charge >= 0.3 is 0 Å². The Morgan fingerprint density at radius 1 is 1.30 bits per heavy atom. The monoisotopic (exact) mass is 160 g/mol. The minimum Gasteiger partial charge on any atom is -0.359 e. The zero-order chi connectivity index (χ0) is 6.81. The van der Waals surface area contributed by atoms with Gasteiger partial charge in [0, 0.05) is 18.8 Å². The molecule has 2 saturated heterocycles. The molecular weight excluding hydrogens is 148 g/mol. The molecule has 10 heavy (non-hydrogen) atoms. The molecule has 2 unspecified atom stereocenters. The van der Waals surface area contributed by atoms with E-state index in [1.54, 1.807) is 0 Å². The SMILES string of the molecule is C1COC(C2NCCS2)N1. The van der Waals surface area contributed by atoms with Crippen LogP contribution in [0.1, 0.15) is 0 Å². The van der Waals surface area contributed by atoms with Gasteiger partial charge in [0.2, 0.25) is 0 Å². The molecule has 3 nitrogen and oxygen atoms in total. The van der Waals surface area contributed by atoms with Gasteiger partial charge in [0.25, 0.3) is 0 Å². The van der Waals surface area contributed by atoms with Crippen molar-refractivity contribution in [1.29, 1.82) is 0 Å². The summed E-state index contributed by atoms with van der Waals surface area (Å²) in [7, 11) is 0. The summed E-state index contributed by atoms with van der Waals surface area (Å²) in [5.41, 5.74) is 0. The molecule has 0 spiro atoms. The normalized spacial score (nSPS) is 40.8. The Balaban J connectivity index is 1.85. The summed E-state index contributed by atoms with van der Waals surface area (Å²) in [5.74, 6) is 1.21. The lowest BCUT2D eigenvalue weighted by Crippen LogP contribution is -2.40. The minimum absolute atomic E-state index is 0.257. The molecule has 0 bridgehead atoms. The maximum absolute atomic E-state index is 5.44. The van der Waals surface area contributed by atoms with Crippen LogP contribution in [-0.2, 0) is 4.74 Å². The van der Waals surface area contributed by atoms with Gasteiger partial charge in [0.1, 0.15) is 6.23 Å². The van der Waals surface area contributed by atoms with E-state index in [-0.39, 0.29) is 6.23 Å². The van der Waals surface area contributed by atoms with Gasteiger partial charge in [-0.25, -0.2) is 0 Å². The van der Waals surface area contributed by atoms with Gasteiger partial charge in [-0.3, -0.25) is 5.32 Å². The van der Waals surface area contributed by atoms with E-state index in [9.17, 15) is 0 Å². The molecule has 4 heteroatoms. The summed E-state index contributed by atoms with van der Waals surface area (Å²) in [5, 5.41) is 7.16. The number of ether oxygens (including phenoxy) is 1. The van der Waals surface area contributed by atoms with Crippen molar-refractivity contribution < 1.29 is 4.74 Å². The molecule has 0 aliphatic carbocycles. The number of hydrogen-bond acceptors (Lipinski definition) is 4. The molecule has 2 aliphatic heterocycles. The topological polar surface area (TPSA) is 33.3 Å². The van der Waals surface area contributed by atoms with Crippen LogP contribution in [0.25, 0.3) is 0 Å². The van der Waals surface area contributed by atoms with Crippen LogP contribution in [0.4, 0.5) is 0 Å². The molecule has 0 aromatic rings. The van der Waals surface area contributed by atoms with E-state index in [0.29, 0.717) is 5.37 Å². The summed E-state index contributed by atoms with van der Waals surface area (Å²) in [6.07, 6.45) is 0.257. The summed E-state index contributed by atoms with van der Waals surface area (Å²) >= 11 is 1.94. The van der Waals surface area contributed by atoms with Gasteiger partial charge in [-0.15, -0.1) is 11.8 Å². The zero-order valence-corrected chi connectivity index (χ0v) is 6.62. The Kier molecular flexibility index (Phi) is 2.13. The molecule has 0 aromatic carbocycles. The van der Waals surface area contributed by atoms with Crippen LogP contribution in [0.5, 0.6) is 0 Å². The van der Waals surface area contributed by atoms with Crippen LogP contribution < -0.4 is 10.6 Å². The van der Waals surface area contributed by atoms with Crippen LogP contribution >= 0.6 is 11.8 Å². The summed E-state index contributed by atoms with van der Waals surface area (Å²) in [4.78, 5) is 0. The maximum atomic E-state index is 5.44. The Bertz CT molecular complexity index is 96.3. The molecule has 2 atom stereocenters. The molecule has 2 rings (SSSR count). The third kappa shape index (κ3) is 1.29. The highest BCUT2D eigenvalue weighted by atomic mass is 32.2. The zero-order valence-electron chi connectivity index (χ0n) is 5.80. The van der Waals surface area contributed by atoms with Crippen molar-refractivity contribution in [2.75, 3.05) is 25.4 Å². The first kappa shape index (κ1) is 6.91. The Hall–Kier alpha value is 0.230. The number of hydrogen-bond donors (Lipinski definition) is 2. The second-order valence-electron chi connectivity index (χ2n) is 2.49. The number of nitrogens with one attached hydrogen (secondary N) is 2. The standard InChI is InChI=1S/C6H12N2OS/c1-3-9-5(7-1)6-8-2-4-10-6/h5-8H,1-4H2. The molecule has 0 saturated carbocycles. The molecule has 2 N–H and O–H groups in total. The molecule has 58 valence electrons. The highest BCUT2D eigenvalue weighted by Crippen LogP contribution is 2.19. The lowest BCUT2D eigenvalue weighted by atomic mass is 10.5. The molecular formula is C6H12N2OS. The van der Waals surface area contributed by atoms with E-state index in [2.05, 4.69) is 10.6 Å². The highest BCUT2D eigenvalue weighted by Gasteiger charge is 2.27. The first-order chi connectivity index (χ1) is 4.97. The van der Waals surface area contributed by atoms with Gasteiger partial charge in [0.15, 0.2) is 0 Å². The van der Waals surface area contributed by atoms with Crippen molar-refractivity contribution in [3.8, 4) is 0 Å². The van der Waals surface area contributed by atoms with Crippen molar-refractivity contribution in [3.63, 3.8) is 0 Å². The number of rotatable bonds is 1. The minimum atomic E-state index is 0.257. The largest absolute Gasteiger partial charge is 0.359 e. The van der Waals surface area contributed by atoms with E-state index < -0.39 is 0 Å². The van der Waals surface area contributed by atoms with Crippen LogP contribution in [0.3, 0.4) is 0 Å². The Labute approximate surface area is 64.9 Å². The van der Waals surface area contributed by atoms with E-state index >= 15 is 0 Å². The first-order valence-electron chi connectivity index (χ1n) is 3.67. The maximum Gasteiger partial charge on any atom is 0.133 e. The van der Waals surface area contributed by atoms with Gasteiger partial charge in [0.05, 0.1) is 12.0 Å². The summed E-state index contributed by atoms with van der Waals surface area (Å²) in [6.45, 7) is 2.99. The Morgan fingerprint density at radius 2 is 2.30 bits per heavy atom. The molecule has 2 fully saturated rings. The van der Waals surface area contributed by atoms with Gasteiger partial charge < -0.3 is 10.1 Å². The average Bonchev–Trinajstić information content (AvgIpc) is 2.59. The highest BCUT2D eigenvalue weighted by molar-refractivity contribution is 8.00. The van der Waals surface area contributed by atoms with Gasteiger partial charge in [-0.1, -0.05) is 0 Å². The second kappa shape index (κ2) is 3.09. The Morgan fingerprint density at radius 3 is 2.90 bits per heavy atom. The number of thioether (sulfide) groups is 1. The molecule has 0 amide bonds. The summed E-state index contributed by atoms with van der Waals surface area (Å²) in [6, 6.07) is 0. The predicted molar refractivity (Wildman–Crippen MR) is 42.0 cm³/mol. The van der Waals surface area contributed by atoms with Crippen molar-refractivity contribution in [3.05, 3.63) is 0 Å². The first-order valence-corrected chi connectivity index (χ1v) is 4.72. The predicted octanol–water partition coefficient (Wildman–Crippen LogP) is -0.405. The van der Waals surface area contributed by atoms with Gasteiger partial charge in [-0.05, 0) is 0 Å². The van der Waals surface area contributed by atoms with Crippen LogP contribution in [0.2, 0.25) is 0 Å². The van der Waals surface area contributed by atoms with Crippen molar-refractivity contribution in [2.24, 2.45) is 0 Å². The second-order valence-corrected chi connectivity index (χ2v) is 3.74. The summed E-state index contributed by atoms with van der Waals surface area (Å²) < 4.78 is 5.44. The van der Waals surface area contributed by atoms with Crippen molar-refractivity contribution in [2.45, 2.75) is 11.6 Å².